The van der Waals surface area contributed by atoms with Crippen molar-refractivity contribution >= 4 is 5.91 Å². The van der Waals surface area contributed by atoms with Crippen LogP contribution < -0.4 is 10.1 Å². The summed E-state index contributed by atoms with van der Waals surface area (Å²) in [6, 6.07) is 13.2. The number of benzene rings is 2. The Morgan fingerprint density at radius 3 is 2.32 bits per heavy atom. The van der Waals surface area contributed by atoms with E-state index in [1.165, 1.54) is 12.1 Å². The molecule has 1 saturated heterocycles. The van der Waals surface area contributed by atoms with Gasteiger partial charge in [-0.3, -0.25) is 9.69 Å². The molecule has 4 rings (SSSR count). The lowest BCUT2D eigenvalue weighted by molar-refractivity contribution is -0.137. The molecule has 3 unspecified atom stereocenters. The van der Waals surface area contributed by atoms with Crippen LogP contribution in [-0.4, -0.2) is 37.6 Å². The Hall–Kier alpha value is -2.54. The average Bonchev–Trinajstić information content (AvgIpc) is 3.40. The Kier molecular flexibility index (Phi) is 6.23. The lowest BCUT2D eigenvalue weighted by Crippen LogP contribution is -2.37. The standard InChI is InChI=1S/C24H27F3N2O2/c1-31-19-10-6-17(7-11-19)22(29-12-2-3-13-29)15-28-23(30)21-14-20(21)16-4-8-18(9-5-16)24(25,26)27/h4-11,20-22H,2-3,12-15H2,1H3,(H,28,30). The molecule has 1 amide bonds. The molecule has 2 aromatic carbocycles. The van der Waals surface area contributed by atoms with Gasteiger partial charge in [-0.1, -0.05) is 24.3 Å². The number of hydrogen-bond donors (Lipinski definition) is 1. The lowest BCUT2D eigenvalue weighted by Gasteiger charge is -2.28. The van der Waals surface area contributed by atoms with Gasteiger partial charge < -0.3 is 10.1 Å². The highest BCUT2D eigenvalue weighted by Crippen LogP contribution is 2.48. The normalized spacial score (nSPS) is 22.2. The molecule has 1 aliphatic carbocycles. The fourth-order valence-corrected chi connectivity index (χ4v) is 4.44. The Labute approximate surface area is 180 Å². The zero-order valence-electron chi connectivity index (χ0n) is 17.5. The number of amides is 1. The zero-order valence-corrected chi connectivity index (χ0v) is 17.5. The van der Waals surface area contributed by atoms with Crippen LogP contribution in [0, 0.1) is 5.92 Å². The maximum Gasteiger partial charge on any atom is 0.416 e. The van der Waals surface area contributed by atoms with Crippen molar-refractivity contribution in [2.75, 3.05) is 26.7 Å². The fraction of sp³-hybridized carbons (Fsp3) is 0.458. The van der Waals surface area contributed by atoms with Crippen LogP contribution in [0.3, 0.4) is 0 Å². The number of ether oxygens (including phenoxy) is 1. The van der Waals surface area contributed by atoms with E-state index in [2.05, 4.69) is 10.2 Å². The molecule has 3 atom stereocenters. The van der Waals surface area contributed by atoms with Gasteiger partial charge in [0.05, 0.1) is 18.7 Å². The summed E-state index contributed by atoms with van der Waals surface area (Å²) < 4.78 is 43.5. The molecular weight excluding hydrogens is 405 g/mol. The van der Waals surface area contributed by atoms with E-state index in [0.717, 1.165) is 54.9 Å². The minimum atomic E-state index is -4.34. The van der Waals surface area contributed by atoms with Gasteiger partial charge in [0.25, 0.3) is 0 Å². The Bertz CT molecular complexity index is 891. The van der Waals surface area contributed by atoms with E-state index in [9.17, 15) is 18.0 Å². The number of hydrogen-bond acceptors (Lipinski definition) is 3. The van der Waals surface area contributed by atoms with Gasteiger partial charge in [-0.2, -0.15) is 13.2 Å². The van der Waals surface area contributed by atoms with Crippen molar-refractivity contribution in [1.29, 1.82) is 0 Å². The molecule has 31 heavy (non-hydrogen) atoms. The highest BCUT2D eigenvalue weighted by atomic mass is 19.4. The number of carbonyl (C=O) groups excluding carboxylic acids is 1. The average molecular weight is 432 g/mol. The van der Waals surface area contributed by atoms with Crippen LogP contribution in [0.4, 0.5) is 13.2 Å². The largest absolute Gasteiger partial charge is 0.497 e. The monoisotopic (exact) mass is 432 g/mol. The van der Waals surface area contributed by atoms with Gasteiger partial charge in [0, 0.05) is 12.5 Å². The first-order chi connectivity index (χ1) is 14.9. The third-order valence-corrected chi connectivity index (χ3v) is 6.35. The van der Waals surface area contributed by atoms with E-state index in [-0.39, 0.29) is 23.8 Å². The smallest absolute Gasteiger partial charge is 0.416 e. The third kappa shape index (κ3) is 5.03. The number of alkyl halides is 3. The Morgan fingerprint density at radius 1 is 1.10 bits per heavy atom. The maximum absolute atomic E-state index is 12.8. The molecule has 2 fully saturated rings. The van der Waals surface area contributed by atoms with Crippen LogP contribution in [0.5, 0.6) is 5.75 Å². The molecule has 1 heterocycles. The Morgan fingerprint density at radius 2 is 1.74 bits per heavy atom. The van der Waals surface area contributed by atoms with Crippen molar-refractivity contribution in [2.24, 2.45) is 5.92 Å². The predicted octanol–water partition coefficient (Wildman–Crippen LogP) is 4.77. The number of carbonyl (C=O) groups is 1. The molecule has 0 spiro atoms. The second-order valence-electron chi connectivity index (χ2n) is 8.35. The van der Waals surface area contributed by atoms with Gasteiger partial charge in [0.15, 0.2) is 0 Å². The summed E-state index contributed by atoms with van der Waals surface area (Å²) in [5, 5.41) is 3.09. The maximum atomic E-state index is 12.8. The summed E-state index contributed by atoms with van der Waals surface area (Å²) in [5.41, 5.74) is 1.27. The molecule has 1 aliphatic heterocycles. The fourth-order valence-electron chi connectivity index (χ4n) is 4.44. The second kappa shape index (κ2) is 8.91. The van der Waals surface area contributed by atoms with Gasteiger partial charge in [-0.05, 0) is 73.7 Å². The minimum Gasteiger partial charge on any atom is -0.497 e. The number of halogens is 3. The molecule has 0 bridgehead atoms. The molecule has 0 aromatic heterocycles. The van der Waals surface area contributed by atoms with Crippen molar-refractivity contribution in [1.82, 2.24) is 10.2 Å². The number of nitrogens with one attached hydrogen (secondary N) is 1. The van der Waals surface area contributed by atoms with Gasteiger partial charge in [0.2, 0.25) is 5.91 Å². The lowest BCUT2D eigenvalue weighted by atomic mass is 10.0. The van der Waals surface area contributed by atoms with Crippen LogP contribution in [0.1, 0.15) is 47.9 Å². The van der Waals surface area contributed by atoms with E-state index in [0.29, 0.717) is 13.0 Å². The van der Waals surface area contributed by atoms with Gasteiger partial charge in [-0.15, -0.1) is 0 Å². The van der Waals surface area contributed by atoms with E-state index >= 15 is 0 Å². The first-order valence-corrected chi connectivity index (χ1v) is 10.7. The molecule has 0 radical (unpaired) electrons. The molecule has 2 aliphatic rings. The molecule has 2 aromatic rings. The predicted molar refractivity (Wildman–Crippen MR) is 112 cm³/mol. The van der Waals surface area contributed by atoms with Crippen molar-refractivity contribution in [2.45, 2.75) is 37.4 Å². The molecule has 7 heteroatoms. The van der Waals surface area contributed by atoms with Crippen molar-refractivity contribution in [3.05, 3.63) is 65.2 Å². The van der Waals surface area contributed by atoms with E-state index in [4.69, 9.17) is 4.74 Å². The molecule has 1 N–H and O–H groups in total. The summed E-state index contributed by atoms with van der Waals surface area (Å²) in [4.78, 5) is 15.1. The van der Waals surface area contributed by atoms with Crippen LogP contribution in [0.25, 0.3) is 0 Å². The van der Waals surface area contributed by atoms with Crippen molar-refractivity contribution in [3.8, 4) is 5.75 Å². The highest BCUT2D eigenvalue weighted by molar-refractivity contribution is 5.83. The van der Waals surface area contributed by atoms with Gasteiger partial charge in [0.1, 0.15) is 5.75 Å². The number of rotatable bonds is 7. The number of methoxy groups -OCH3 is 1. The van der Waals surface area contributed by atoms with Crippen molar-refractivity contribution in [3.63, 3.8) is 0 Å². The van der Waals surface area contributed by atoms with Gasteiger partial charge in [-0.25, -0.2) is 0 Å². The third-order valence-electron chi connectivity index (χ3n) is 6.35. The van der Waals surface area contributed by atoms with Crippen LogP contribution in [0.15, 0.2) is 48.5 Å². The van der Waals surface area contributed by atoms with E-state index in [1.54, 1.807) is 7.11 Å². The summed E-state index contributed by atoms with van der Waals surface area (Å²) in [6.07, 6.45) is -1.36. The van der Waals surface area contributed by atoms with Crippen molar-refractivity contribution < 1.29 is 22.7 Å². The SMILES string of the molecule is COc1ccc(C(CNC(=O)C2CC2c2ccc(C(F)(F)F)cc2)N2CCCC2)cc1. The first kappa shape index (κ1) is 21.7. The molecule has 1 saturated carbocycles. The topological polar surface area (TPSA) is 41.6 Å². The van der Waals surface area contributed by atoms with Crippen LogP contribution >= 0.6 is 0 Å². The first-order valence-electron chi connectivity index (χ1n) is 10.7. The van der Waals surface area contributed by atoms with E-state index < -0.39 is 11.7 Å². The quantitative estimate of drug-likeness (QED) is 0.685. The van der Waals surface area contributed by atoms with Crippen LogP contribution in [0.2, 0.25) is 0 Å². The van der Waals surface area contributed by atoms with Crippen LogP contribution in [-0.2, 0) is 11.0 Å². The zero-order chi connectivity index (χ0) is 22.0. The number of likely N-dealkylation sites (tertiary alicyclic amines) is 1. The number of nitrogens with zero attached hydrogens (tertiary/aromatic N) is 1. The highest BCUT2D eigenvalue weighted by Gasteiger charge is 2.44. The summed E-state index contributed by atoms with van der Waals surface area (Å²) in [5.74, 6) is 0.591. The molecular formula is C24H27F3N2O2. The molecule has 166 valence electrons. The van der Waals surface area contributed by atoms with E-state index in [1.807, 2.05) is 24.3 Å². The molecule has 4 nitrogen and oxygen atoms in total. The second-order valence-corrected chi connectivity index (χ2v) is 8.35. The van der Waals surface area contributed by atoms with Gasteiger partial charge >= 0.3 is 6.18 Å². The summed E-state index contributed by atoms with van der Waals surface area (Å²) >= 11 is 0. The minimum absolute atomic E-state index is 0.00601. The summed E-state index contributed by atoms with van der Waals surface area (Å²) in [6.45, 7) is 2.52. The summed E-state index contributed by atoms with van der Waals surface area (Å²) in [7, 11) is 1.63. The Balaban J connectivity index is 1.37.